The van der Waals surface area contributed by atoms with E-state index in [1.54, 1.807) is 13.8 Å². The van der Waals surface area contributed by atoms with E-state index in [4.69, 9.17) is 18.4 Å². The molecule has 0 amide bonds. The molecule has 6 nitrogen and oxygen atoms in total. The van der Waals surface area contributed by atoms with Crippen molar-refractivity contribution < 1.29 is 26.8 Å². The van der Waals surface area contributed by atoms with E-state index in [0.29, 0.717) is 0 Å². The minimum atomic E-state index is -3.59. The molecule has 0 bridgehead atoms. The summed E-state index contributed by atoms with van der Waals surface area (Å²) in [6.07, 6.45) is -0.0393. The first-order chi connectivity index (χ1) is 7.72. The predicted molar refractivity (Wildman–Crippen MR) is 58.6 cm³/mol. The highest BCUT2D eigenvalue weighted by Gasteiger charge is 2.55. The van der Waals surface area contributed by atoms with Crippen molar-refractivity contribution in [2.45, 2.75) is 44.2 Å². The van der Waals surface area contributed by atoms with Crippen LogP contribution in [0, 0.1) is 0 Å². The van der Waals surface area contributed by atoms with E-state index in [1.807, 2.05) is 0 Å². The van der Waals surface area contributed by atoms with Crippen LogP contribution in [-0.4, -0.2) is 45.1 Å². The second-order valence-electron chi connectivity index (χ2n) is 4.57. The number of fused-ring (bicyclic) bond motifs is 1. The first-order valence-electron chi connectivity index (χ1n) is 5.24. The summed E-state index contributed by atoms with van der Waals surface area (Å²) in [7, 11) is -3.59. The number of hydrogen-bond donors (Lipinski definition) is 0. The van der Waals surface area contributed by atoms with Crippen LogP contribution in [0.3, 0.4) is 0 Å². The first kappa shape index (κ1) is 13.0. The monoisotopic (exact) mass is 264 g/mol. The molecule has 0 aliphatic carbocycles. The van der Waals surface area contributed by atoms with Gasteiger partial charge in [0.25, 0.3) is 10.1 Å². The Kier molecular flexibility index (Phi) is 3.07. The molecule has 0 unspecified atom stereocenters. The van der Waals surface area contributed by atoms with E-state index in [2.05, 4.69) is 6.58 Å². The molecular weight excluding hydrogens is 248 g/mol. The summed E-state index contributed by atoms with van der Waals surface area (Å²) in [6, 6.07) is 0. The molecule has 2 heterocycles. The largest absolute Gasteiger partial charge is 0.339 e. The van der Waals surface area contributed by atoms with E-state index >= 15 is 0 Å². The third-order valence-electron chi connectivity index (χ3n) is 2.55. The third-order valence-corrected chi connectivity index (χ3v) is 3.12. The molecule has 4 atom stereocenters. The van der Waals surface area contributed by atoms with Crippen molar-refractivity contribution in [3.05, 3.63) is 12.7 Å². The van der Waals surface area contributed by atoms with E-state index in [-0.39, 0.29) is 0 Å². The quantitative estimate of drug-likeness (QED) is 0.542. The standard InChI is InChI=1S/C10H16O6S/c1-5-6-7(16-17(4,11)12)8-9(13-6)15-10(2,3)14-8/h5-9H,1H2,2-4H3/t6-,7-,8+,9+/m0/s1. The van der Waals surface area contributed by atoms with E-state index < -0.39 is 40.5 Å². The van der Waals surface area contributed by atoms with Crippen LogP contribution in [0.2, 0.25) is 0 Å². The van der Waals surface area contributed by atoms with E-state index in [1.165, 1.54) is 6.08 Å². The smallest absolute Gasteiger partial charge is 0.264 e. The molecule has 2 fully saturated rings. The average Bonchev–Trinajstić information content (AvgIpc) is 2.58. The highest BCUT2D eigenvalue weighted by atomic mass is 32.2. The summed E-state index contributed by atoms with van der Waals surface area (Å²) in [5, 5.41) is 0. The van der Waals surface area contributed by atoms with Crippen LogP contribution in [0.1, 0.15) is 13.8 Å². The van der Waals surface area contributed by atoms with Crippen molar-refractivity contribution >= 4 is 10.1 Å². The van der Waals surface area contributed by atoms with Crippen molar-refractivity contribution in [2.24, 2.45) is 0 Å². The Labute approximate surface area is 101 Å². The second kappa shape index (κ2) is 4.03. The maximum absolute atomic E-state index is 11.2. The Hall–Kier alpha value is -0.470. The van der Waals surface area contributed by atoms with Crippen molar-refractivity contribution in [1.29, 1.82) is 0 Å². The molecule has 0 radical (unpaired) electrons. The summed E-state index contributed by atoms with van der Waals surface area (Å²) < 4.78 is 43.9. The van der Waals surface area contributed by atoms with E-state index in [0.717, 1.165) is 6.26 Å². The molecule has 0 N–H and O–H groups in total. The molecular formula is C10H16O6S. The van der Waals surface area contributed by atoms with Crippen LogP contribution in [0.5, 0.6) is 0 Å². The van der Waals surface area contributed by atoms with Crippen LogP contribution >= 0.6 is 0 Å². The van der Waals surface area contributed by atoms with Crippen LogP contribution in [-0.2, 0) is 28.5 Å². The van der Waals surface area contributed by atoms with Gasteiger partial charge in [-0.2, -0.15) is 8.42 Å². The molecule has 2 rings (SSSR count). The van der Waals surface area contributed by atoms with E-state index in [9.17, 15) is 8.42 Å². The Balaban J connectivity index is 2.19. The van der Waals surface area contributed by atoms with Gasteiger partial charge in [0.1, 0.15) is 18.3 Å². The molecule has 7 heteroatoms. The number of rotatable bonds is 3. The summed E-state index contributed by atoms with van der Waals surface area (Å²) >= 11 is 0. The molecule has 0 saturated carbocycles. The highest BCUT2D eigenvalue weighted by Crippen LogP contribution is 2.39. The van der Waals surface area contributed by atoms with Gasteiger partial charge in [-0.05, 0) is 13.8 Å². The van der Waals surface area contributed by atoms with Gasteiger partial charge in [0.15, 0.2) is 12.1 Å². The van der Waals surface area contributed by atoms with Crippen LogP contribution in [0.25, 0.3) is 0 Å². The zero-order chi connectivity index (χ0) is 12.8. The third kappa shape index (κ3) is 2.69. The fourth-order valence-electron chi connectivity index (χ4n) is 2.01. The normalized spacial score (nSPS) is 40.2. The minimum absolute atomic E-state index is 0.559. The van der Waals surface area contributed by atoms with Gasteiger partial charge < -0.3 is 14.2 Å². The Morgan fingerprint density at radius 3 is 2.53 bits per heavy atom. The summed E-state index contributed by atoms with van der Waals surface area (Å²) in [4.78, 5) is 0. The minimum Gasteiger partial charge on any atom is -0.339 e. The van der Waals surface area contributed by atoms with Gasteiger partial charge in [-0.15, -0.1) is 6.58 Å². The fraction of sp³-hybridized carbons (Fsp3) is 0.800. The van der Waals surface area contributed by atoms with Gasteiger partial charge in [-0.1, -0.05) is 6.08 Å². The predicted octanol–water partition coefficient (Wildman–Crippen LogP) is 0.394. The van der Waals surface area contributed by atoms with Gasteiger partial charge in [0.2, 0.25) is 0 Å². The van der Waals surface area contributed by atoms with Crippen molar-refractivity contribution in [1.82, 2.24) is 0 Å². The van der Waals surface area contributed by atoms with Crippen LogP contribution in [0.15, 0.2) is 12.7 Å². The van der Waals surface area contributed by atoms with Gasteiger partial charge >= 0.3 is 0 Å². The topological polar surface area (TPSA) is 71.1 Å². The number of ether oxygens (including phenoxy) is 3. The Bertz CT molecular complexity index is 415. The van der Waals surface area contributed by atoms with Crippen LogP contribution < -0.4 is 0 Å². The SMILES string of the molecule is C=C[C@@H]1O[C@@H]2OC(C)(C)O[C@@H]2[C@H]1OS(C)(=O)=O. The molecule has 2 saturated heterocycles. The molecule has 98 valence electrons. The molecule has 17 heavy (non-hydrogen) atoms. The molecule has 0 aromatic rings. The zero-order valence-electron chi connectivity index (χ0n) is 9.95. The average molecular weight is 264 g/mol. The zero-order valence-corrected chi connectivity index (χ0v) is 10.8. The second-order valence-corrected chi connectivity index (χ2v) is 6.17. The lowest BCUT2D eigenvalue weighted by molar-refractivity contribution is -0.207. The Morgan fingerprint density at radius 1 is 1.35 bits per heavy atom. The highest BCUT2D eigenvalue weighted by molar-refractivity contribution is 7.86. The van der Waals surface area contributed by atoms with Crippen molar-refractivity contribution in [3.8, 4) is 0 Å². The summed E-state index contributed by atoms with van der Waals surface area (Å²) in [6.45, 7) is 7.04. The lowest BCUT2D eigenvalue weighted by Gasteiger charge is -2.23. The first-order valence-corrected chi connectivity index (χ1v) is 7.05. The fourth-order valence-corrected chi connectivity index (χ4v) is 2.63. The van der Waals surface area contributed by atoms with Gasteiger partial charge in [-0.25, -0.2) is 0 Å². The summed E-state index contributed by atoms with van der Waals surface area (Å²) in [5.41, 5.74) is 0. The van der Waals surface area contributed by atoms with Gasteiger partial charge in [0.05, 0.1) is 6.26 Å². The molecule has 0 spiro atoms. The lowest BCUT2D eigenvalue weighted by Crippen LogP contribution is -2.37. The van der Waals surface area contributed by atoms with Crippen LogP contribution in [0.4, 0.5) is 0 Å². The molecule has 2 aliphatic heterocycles. The van der Waals surface area contributed by atoms with Gasteiger partial charge in [0, 0.05) is 0 Å². The summed E-state index contributed by atoms with van der Waals surface area (Å²) in [5.74, 6) is -0.805. The lowest BCUT2D eigenvalue weighted by atomic mass is 10.1. The maximum atomic E-state index is 11.2. The van der Waals surface area contributed by atoms with Crippen molar-refractivity contribution in [2.75, 3.05) is 6.26 Å². The number of hydrogen-bond acceptors (Lipinski definition) is 6. The van der Waals surface area contributed by atoms with Gasteiger partial charge in [-0.3, -0.25) is 4.18 Å². The van der Waals surface area contributed by atoms with Crippen molar-refractivity contribution in [3.63, 3.8) is 0 Å². The maximum Gasteiger partial charge on any atom is 0.264 e. The molecule has 2 aliphatic rings. The molecule has 0 aromatic heterocycles. The Morgan fingerprint density at radius 2 is 2.00 bits per heavy atom. The molecule has 0 aromatic carbocycles.